The molecule has 0 bridgehead atoms. The highest BCUT2D eigenvalue weighted by molar-refractivity contribution is 5.88. The number of nitrogen functional groups attached to an aromatic ring is 1. The van der Waals surface area contributed by atoms with E-state index >= 15 is 0 Å². The molecule has 0 aliphatic heterocycles. The van der Waals surface area contributed by atoms with Gasteiger partial charge in [-0.3, -0.25) is 4.79 Å². The van der Waals surface area contributed by atoms with Gasteiger partial charge in [-0.05, 0) is 18.2 Å². The van der Waals surface area contributed by atoms with E-state index in [4.69, 9.17) is 10.8 Å². The van der Waals surface area contributed by atoms with Gasteiger partial charge in [-0.2, -0.15) is 0 Å². The molecule has 1 heterocycles. The third-order valence-corrected chi connectivity index (χ3v) is 1.93. The van der Waals surface area contributed by atoms with E-state index in [-0.39, 0.29) is 11.2 Å². The van der Waals surface area contributed by atoms with Gasteiger partial charge in [-0.1, -0.05) is 0 Å². The lowest BCUT2D eigenvalue weighted by Gasteiger charge is -1.99. The Kier molecular flexibility index (Phi) is 1.89. The Hall–Kier alpha value is -2.37. The van der Waals surface area contributed by atoms with Gasteiger partial charge in [-0.15, -0.1) is 0 Å². The van der Waals surface area contributed by atoms with E-state index in [1.165, 1.54) is 12.1 Å². The summed E-state index contributed by atoms with van der Waals surface area (Å²) in [4.78, 5) is 28.0. The maximum atomic E-state index is 11.4. The number of aromatic nitrogens is 2. The fraction of sp³-hybridized carbons (Fsp3) is 0. The number of nitrogens with zero attached hydrogens (tertiary/aromatic N) is 1. The molecule has 0 saturated heterocycles. The van der Waals surface area contributed by atoms with Gasteiger partial charge < -0.3 is 15.8 Å². The molecule has 0 radical (unpaired) electrons. The summed E-state index contributed by atoms with van der Waals surface area (Å²) in [6.07, 6.45) is 0. The number of benzene rings is 1. The lowest BCUT2D eigenvalue weighted by molar-refractivity contribution is 0.0683. The molecular weight excluding hydrogens is 198 g/mol. The first-order valence-electron chi connectivity index (χ1n) is 4.11. The van der Waals surface area contributed by atoms with Crippen LogP contribution < -0.4 is 11.3 Å². The van der Waals surface area contributed by atoms with Crippen molar-refractivity contribution in [3.8, 4) is 0 Å². The number of H-pyrrole nitrogens is 1. The van der Waals surface area contributed by atoms with Crippen LogP contribution in [0, 0.1) is 0 Å². The van der Waals surface area contributed by atoms with Crippen molar-refractivity contribution < 1.29 is 9.90 Å². The Morgan fingerprint density at radius 3 is 2.87 bits per heavy atom. The van der Waals surface area contributed by atoms with Crippen LogP contribution >= 0.6 is 0 Å². The molecule has 0 aliphatic rings. The molecule has 0 fully saturated rings. The molecule has 6 heteroatoms. The standard InChI is InChI=1S/C9H7N3O3/c10-4-1-2-6-5(3-4)8(13)12-7(11-6)9(14)15/h1-3H,10H2,(H,14,15)(H,11,12,13). The van der Waals surface area contributed by atoms with Gasteiger partial charge in [0, 0.05) is 5.69 Å². The SMILES string of the molecule is Nc1ccc2nc(C(=O)O)[nH]c(=O)c2c1. The summed E-state index contributed by atoms with van der Waals surface area (Å²) in [7, 11) is 0. The van der Waals surface area contributed by atoms with Crippen LogP contribution in [0.4, 0.5) is 5.69 Å². The number of fused-ring (bicyclic) bond motifs is 1. The molecule has 0 amide bonds. The molecule has 76 valence electrons. The molecule has 0 unspecified atom stereocenters. The zero-order valence-electron chi connectivity index (χ0n) is 7.52. The maximum Gasteiger partial charge on any atom is 0.372 e. The number of carboxylic acid groups (broad SMARTS) is 1. The van der Waals surface area contributed by atoms with Gasteiger partial charge in [0.15, 0.2) is 0 Å². The zero-order valence-corrected chi connectivity index (χ0v) is 7.52. The van der Waals surface area contributed by atoms with Gasteiger partial charge in [0.1, 0.15) is 0 Å². The van der Waals surface area contributed by atoms with Crippen molar-refractivity contribution in [2.24, 2.45) is 0 Å². The van der Waals surface area contributed by atoms with Gasteiger partial charge in [0.2, 0.25) is 5.82 Å². The smallest absolute Gasteiger partial charge is 0.372 e. The summed E-state index contributed by atoms with van der Waals surface area (Å²) >= 11 is 0. The van der Waals surface area contributed by atoms with E-state index < -0.39 is 11.5 Å². The van der Waals surface area contributed by atoms with Crippen molar-refractivity contribution in [1.29, 1.82) is 0 Å². The first-order valence-corrected chi connectivity index (χ1v) is 4.11. The van der Waals surface area contributed by atoms with Crippen molar-refractivity contribution in [3.05, 3.63) is 34.4 Å². The number of nitrogens with two attached hydrogens (primary N) is 1. The molecule has 15 heavy (non-hydrogen) atoms. The van der Waals surface area contributed by atoms with Crippen LogP contribution in [0.15, 0.2) is 23.0 Å². The first-order chi connectivity index (χ1) is 7.08. The minimum Gasteiger partial charge on any atom is -0.475 e. The summed E-state index contributed by atoms with van der Waals surface area (Å²) in [5, 5.41) is 8.94. The number of anilines is 1. The molecule has 1 aromatic heterocycles. The number of carbonyl (C=O) groups is 1. The minimum atomic E-state index is -1.27. The normalized spacial score (nSPS) is 10.4. The van der Waals surface area contributed by atoms with Crippen molar-refractivity contribution in [2.45, 2.75) is 0 Å². The number of rotatable bonds is 1. The topological polar surface area (TPSA) is 109 Å². The van der Waals surface area contributed by atoms with E-state index in [9.17, 15) is 9.59 Å². The lowest BCUT2D eigenvalue weighted by atomic mass is 10.2. The van der Waals surface area contributed by atoms with E-state index in [1.807, 2.05) is 0 Å². The van der Waals surface area contributed by atoms with Crippen molar-refractivity contribution in [2.75, 3.05) is 5.73 Å². The summed E-state index contributed by atoms with van der Waals surface area (Å²) in [5.74, 6) is -1.65. The molecule has 6 nitrogen and oxygen atoms in total. The fourth-order valence-electron chi connectivity index (χ4n) is 1.26. The average molecular weight is 205 g/mol. The Bertz CT molecular complexity index is 603. The fourth-order valence-corrected chi connectivity index (χ4v) is 1.26. The predicted molar refractivity (Wildman–Crippen MR) is 53.7 cm³/mol. The van der Waals surface area contributed by atoms with Gasteiger partial charge in [0.25, 0.3) is 5.56 Å². The van der Waals surface area contributed by atoms with Gasteiger partial charge in [-0.25, -0.2) is 9.78 Å². The third-order valence-electron chi connectivity index (χ3n) is 1.93. The van der Waals surface area contributed by atoms with Gasteiger partial charge >= 0.3 is 5.97 Å². The summed E-state index contributed by atoms with van der Waals surface area (Å²) in [6.45, 7) is 0. The van der Waals surface area contributed by atoms with Crippen LogP contribution in [0.1, 0.15) is 10.6 Å². The summed E-state index contributed by atoms with van der Waals surface area (Å²) in [6, 6.07) is 4.51. The highest BCUT2D eigenvalue weighted by Crippen LogP contribution is 2.11. The molecule has 0 spiro atoms. The van der Waals surface area contributed by atoms with Crippen LogP contribution in [0.25, 0.3) is 10.9 Å². The first kappa shape index (κ1) is 9.20. The van der Waals surface area contributed by atoms with E-state index in [1.54, 1.807) is 6.07 Å². The number of aromatic carboxylic acids is 1. The maximum absolute atomic E-state index is 11.4. The second-order valence-corrected chi connectivity index (χ2v) is 3.00. The van der Waals surface area contributed by atoms with Crippen molar-refractivity contribution in [1.82, 2.24) is 9.97 Å². The van der Waals surface area contributed by atoms with Crippen molar-refractivity contribution >= 4 is 22.6 Å². The van der Waals surface area contributed by atoms with Crippen molar-refractivity contribution in [3.63, 3.8) is 0 Å². The highest BCUT2D eigenvalue weighted by Gasteiger charge is 2.09. The number of hydrogen-bond acceptors (Lipinski definition) is 4. The molecule has 0 saturated carbocycles. The second-order valence-electron chi connectivity index (χ2n) is 3.00. The van der Waals surface area contributed by atoms with Crippen LogP contribution in [-0.2, 0) is 0 Å². The minimum absolute atomic E-state index is 0.278. The number of carboxylic acids is 1. The highest BCUT2D eigenvalue weighted by atomic mass is 16.4. The molecule has 0 aliphatic carbocycles. The van der Waals surface area contributed by atoms with Gasteiger partial charge in [0.05, 0.1) is 10.9 Å². The monoisotopic (exact) mass is 205 g/mol. The largest absolute Gasteiger partial charge is 0.475 e. The quantitative estimate of drug-likeness (QED) is 0.576. The zero-order chi connectivity index (χ0) is 11.0. The average Bonchev–Trinajstić information content (AvgIpc) is 2.18. The van der Waals surface area contributed by atoms with E-state index in [0.29, 0.717) is 11.2 Å². The van der Waals surface area contributed by atoms with E-state index in [0.717, 1.165) is 0 Å². The molecular formula is C9H7N3O3. The summed E-state index contributed by atoms with van der Waals surface area (Å²) in [5.41, 5.74) is 5.72. The van der Waals surface area contributed by atoms with Crippen LogP contribution in [0.3, 0.4) is 0 Å². The lowest BCUT2D eigenvalue weighted by Crippen LogP contribution is -2.15. The number of nitrogens with one attached hydrogen (secondary N) is 1. The number of hydrogen-bond donors (Lipinski definition) is 3. The Balaban J connectivity index is 2.84. The Morgan fingerprint density at radius 1 is 1.47 bits per heavy atom. The molecule has 0 atom stereocenters. The third kappa shape index (κ3) is 1.52. The Morgan fingerprint density at radius 2 is 2.20 bits per heavy atom. The number of aromatic amines is 1. The predicted octanol–water partition coefficient (Wildman–Crippen LogP) is 0.204. The second kappa shape index (κ2) is 3.09. The Labute approximate surface area is 83.4 Å². The van der Waals surface area contributed by atoms with Crippen LogP contribution in [0.5, 0.6) is 0 Å². The summed E-state index contributed by atoms with van der Waals surface area (Å²) < 4.78 is 0. The van der Waals surface area contributed by atoms with Crippen LogP contribution in [-0.4, -0.2) is 21.0 Å². The molecule has 4 N–H and O–H groups in total. The molecule has 2 aromatic rings. The van der Waals surface area contributed by atoms with Crippen LogP contribution in [0.2, 0.25) is 0 Å². The molecule has 1 aromatic carbocycles. The molecule has 2 rings (SSSR count). The van der Waals surface area contributed by atoms with E-state index in [2.05, 4.69) is 9.97 Å².